The zero-order chi connectivity index (χ0) is 9.26. The molecule has 13 heavy (non-hydrogen) atoms. The number of esters is 1. The zero-order valence-electron chi connectivity index (χ0n) is 7.86. The lowest BCUT2D eigenvalue weighted by Gasteiger charge is -2.17. The minimum atomic E-state index is -0.331. The number of hydrogen-bond acceptors (Lipinski definition) is 4. The lowest BCUT2D eigenvalue weighted by Crippen LogP contribution is -2.29. The SMILES string of the molecule is CCOC(=O)[C@@H]1ON2CCC[C@@H]1C2. The van der Waals surface area contributed by atoms with Gasteiger partial charge in [0.15, 0.2) is 6.10 Å². The maximum Gasteiger partial charge on any atom is 0.337 e. The van der Waals surface area contributed by atoms with E-state index in [0.717, 1.165) is 25.9 Å². The largest absolute Gasteiger partial charge is 0.464 e. The Balaban J connectivity index is 1.96. The van der Waals surface area contributed by atoms with Crippen LogP contribution in [0.5, 0.6) is 0 Å². The van der Waals surface area contributed by atoms with Crippen molar-refractivity contribution >= 4 is 5.97 Å². The molecule has 2 rings (SSSR count). The molecule has 0 saturated carbocycles. The highest BCUT2D eigenvalue weighted by Crippen LogP contribution is 2.30. The maximum absolute atomic E-state index is 11.4. The Labute approximate surface area is 77.7 Å². The monoisotopic (exact) mass is 185 g/mol. The molecule has 0 aromatic rings. The van der Waals surface area contributed by atoms with Gasteiger partial charge in [0.1, 0.15) is 0 Å². The minimum absolute atomic E-state index is 0.197. The molecule has 2 bridgehead atoms. The molecule has 4 heteroatoms. The number of piperidine rings is 1. The van der Waals surface area contributed by atoms with Crippen molar-refractivity contribution in [1.29, 1.82) is 0 Å². The van der Waals surface area contributed by atoms with E-state index in [9.17, 15) is 4.79 Å². The summed E-state index contributed by atoms with van der Waals surface area (Å²) >= 11 is 0. The fourth-order valence-electron chi connectivity index (χ4n) is 2.02. The van der Waals surface area contributed by atoms with Gasteiger partial charge in [-0.05, 0) is 19.8 Å². The summed E-state index contributed by atoms with van der Waals surface area (Å²) in [7, 11) is 0. The number of hydroxylamine groups is 2. The van der Waals surface area contributed by atoms with Gasteiger partial charge in [-0.2, -0.15) is 5.06 Å². The van der Waals surface area contributed by atoms with E-state index in [2.05, 4.69) is 0 Å². The highest BCUT2D eigenvalue weighted by atomic mass is 16.7. The minimum Gasteiger partial charge on any atom is -0.464 e. The lowest BCUT2D eigenvalue weighted by atomic mass is 9.95. The first-order valence-corrected chi connectivity index (χ1v) is 4.89. The van der Waals surface area contributed by atoms with Crippen LogP contribution in [0.1, 0.15) is 19.8 Å². The van der Waals surface area contributed by atoms with Crippen molar-refractivity contribution in [2.75, 3.05) is 19.7 Å². The summed E-state index contributed by atoms with van der Waals surface area (Å²) < 4.78 is 4.94. The summed E-state index contributed by atoms with van der Waals surface area (Å²) in [5, 5.41) is 1.88. The first-order valence-electron chi connectivity index (χ1n) is 4.89. The third-order valence-corrected chi connectivity index (χ3v) is 2.63. The summed E-state index contributed by atoms with van der Waals surface area (Å²) in [4.78, 5) is 16.9. The predicted octanol–water partition coefficient (Wildman–Crippen LogP) is 0.575. The van der Waals surface area contributed by atoms with Crippen molar-refractivity contribution in [3.63, 3.8) is 0 Å². The number of hydrogen-bond donors (Lipinski definition) is 0. The Bertz CT molecular complexity index is 207. The number of ether oxygens (including phenoxy) is 1. The van der Waals surface area contributed by atoms with Crippen LogP contribution in [-0.2, 0) is 14.4 Å². The van der Waals surface area contributed by atoms with E-state index in [0.29, 0.717) is 12.5 Å². The number of carbonyl (C=O) groups is 1. The van der Waals surface area contributed by atoms with Gasteiger partial charge in [-0.3, -0.25) is 4.84 Å². The van der Waals surface area contributed by atoms with Gasteiger partial charge in [0.05, 0.1) is 6.61 Å². The van der Waals surface area contributed by atoms with Gasteiger partial charge in [0, 0.05) is 19.0 Å². The number of rotatable bonds is 2. The van der Waals surface area contributed by atoms with E-state index in [4.69, 9.17) is 9.57 Å². The number of fused-ring (bicyclic) bond motifs is 2. The summed E-state index contributed by atoms with van der Waals surface area (Å²) in [5.41, 5.74) is 0. The van der Waals surface area contributed by atoms with Gasteiger partial charge < -0.3 is 4.74 Å². The summed E-state index contributed by atoms with van der Waals surface area (Å²) in [5.74, 6) is 0.157. The van der Waals surface area contributed by atoms with Crippen LogP contribution in [0.2, 0.25) is 0 Å². The standard InChI is InChI=1S/C9H15NO3/c1-2-12-9(11)8-7-4-3-5-10(6-7)13-8/h7-8H,2-6H2,1H3/t7-,8-/m1/s1. The lowest BCUT2D eigenvalue weighted by molar-refractivity contribution is -0.181. The van der Waals surface area contributed by atoms with E-state index in [1.165, 1.54) is 0 Å². The molecular formula is C9H15NO3. The molecule has 3 atom stereocenters. The van der Waals surface area contributed by atoms with Crippen LogP contribution in [0.15, 0.2) is 0 Å². The molecule has 1 unspecified atom stereocenters. The summed E-state index contributed by atoms with van der Waals surface area (Å²) in [6.07, 6.45) is 1.88. The quantitative estimate of drug-likeness (QED) is 0.590. The van der Waals surface area contributed by atoms with Crippen LogP contribution in [0.25, 0.3) is 0 Å². The molecule has 2 aliphatic rings. The van der Waals surface area contributed by atoms with Crippen LogP contribution in [-0.4, -0.2) is 36.8 Å². The highest BCUT2D eigenvalue weighted by Gasteiger charge is 2.42. The second-order valence-corrected chi connectivity index (χ2v) is 3.57. The van der Waals surface area contributed by atoms with Crippen molar-refractivity contribution < 1.29 is 14.4 Å². The van der Waals surface area contributed by atoms with E-state index in [1.54, 1.807) is 0 Å². The maximum atomic E-state index is 11.4. The van der Waals surface area contributed by atoms with Crippen LogP contribution in [0.4, 0.5) is 0 Å². The van der Waals surface area contributed by atoms with Gasteiger partial charge in [-0.1, -0.05) is 0 Å². The number of nitrogens with zero attached hydrogens (tertiary/aromatic N) is 1. The molecule has 2 heterocycles. The average molecular weight is 185 g/mol. The van der Waals surface area contributed by atoms with Crippen molar-refractivity contribution in [3.8, 4) is 0 Å². The van der Waals surface area contributed by atoms with E-state index in [1.807, 2.05) is 12.0 Å². The second kappa shape index (κ2) is 3.64. The molecular weight excluding hydrogens is 170 g/mol. The first-order chi connectivity index (χ1) is 6.31. The zero-order valence-corrected chi connectivity index (χ0v) is 7.86. The molecule has 4 nitrogen and oxygen atoms in total. The number of carbonyl (C=O) groups excluding carboxylic acids is 1. The van der Waals surface area contributed by atoms with Crippen molar-refractivity contribution in [1.82, 2.24) is 5.06 Å². The molecule has 0 aromatic heterocycles. The molecule has 2 aliphatic heterocycles. The Morgan fingerprint density at radius 1 is 1.69 bits per heavy atom. The summed E-state index contributed by atoms with van der Waals surface area (Å²) in [6, 6.07) is 0. The first kappa shape index (κ1) is 8.97. The summed E-state index contributed by atoms with van der Waals surface area (Å²) in [6.45, 7) is 4.10. The molecule has 2 fully saturated rings. The highest BCUT2D eigenvalue weighted by molar-refractivity contribution is 5.75. The average Bonchev–Trinajstić information content (AvgIpc) is 2.42. The van der Waals surface area contributed by atoms with Gasteiger partial charge in [-0.25, -0.2) is 4.79 Å². The molecule has 74 valence electrons. The van der Waals surface area contributed by atoms with E-state index >= 15 is 0 Å². The van der Waals surface area contributed by atoms with Gasteiger partial charge >= 0.3 is 5.97 Å². The third kappa shape index (κ3) is 1.69. The Morgan fingerprint density at radius 3 is 3.23 bits per heavy atom. The van der Waals surface area contributed by atoms with Crippen LogP contribution < -0.4 is 0 Å². The van der Waals surface area contributed by atoms with Crippen molar-refractivity contribution in [3.05, 3.63) is 0 Å². The predicted molar refractivity (Wildman–Crippen MR) is 45.8 cm³/mol. The van der Waals surface area contributed by atoms with Crippen molar-refractivity contribution in [2.24, 2.45) is 5.92 Å². The fraction of sp³-hybridized carbons (Fsp3) is 0.889. The topological polar surface area (TPSA) is 38.8 Å². The molecule has 2 saturated heterocycles. The molecule has 0 N–H and O–H groups in total. The van der Waals surface area contributed by atoms with Gasteiger partial charge in [-0.15, -0.1) is 0 Å². The Hall–Kier alpha value is -0.610. The van der Waals surface area contributed by atoms with E-state index in [-0.39, 0.29) is 12.1 Å². The van der Waals surface area contributed by atoms with E-state index < -0.39 is 0 Å². The molecule has 0 spiro atoms. The smallest absolute Gasteiger partial charge is 0.337 e. The van der Waals surface area contributed by atoms with Crippen LogP contribution in [0, 0.1) is 5.92 Å². The molecule has 0 radical (unpaired) electrons. The van der Waals surface area contributed by atoms with Gasteiger partial charge in [0.25, 0.3) is 0 Å². The van der Waals surface area contributed by atoms with Crippen LogP contribution in [0.3, 0.4) is 0 Å². The van der Waals surface area contributed by atoms with Crippen LogP contribution >= 0.6 is 0 Å². The molecule has 0 aliphatic carbocycles. The Morgan fingerprint density at radius 2 is 2.54 bits per heavy atom. The molecule has 0 amide bonds. The van der Waals surface area contributed by atoms with Crippen molar-refractivity contribution in [2.45, 2.75) is 25.9 Å². The Kier molecular flexibility index (Phi) is 2.51. The van der Waals surface area contributed by atoms with Gasteiger partial charge in [0.2, 0.25) is 0 Å². The fourth-order valence-corrected chi connectivity index (χ4v) is 2.02. The normalized spacial score (nSPS) is 37.5. The second-order valence-electron chi connectivity index (χ2n) is 3.57. The molecule has 0 aromatic carbocycles. The third-order valence-electron chi connectivity index (χ3n) is 2.63.